The highest BCUT2D eigenvalue weighted by molar-refractivity contribution is 6.07. The third kappa shape index (κ3) is 3.31. The van der Waals surface area contributed by atoms with E-state index in [0.29, 0.717) is 28.1 Å². The normalized spacial score (nSPS) is 12.1. The predicted octanol–water partition coefficient (Wildman–Crippen LogP) is 4.69. The Kier molecular flexibility index (Phi) is 4.42. The molecule has 1 atom stereocenters. The fourth-order valence-electron chi connectivity index (χ4n) is 3.13. The van der Waals surface area contributed by atoms with Crippen molar-refractivity contribution >= 4 is 17.0 Å². The summed E-state index contributed by atoms with van der Waals surface area (Å²) in [4.78, 5) is 17.6. The van der Waals surface area contributed by atoms with Crippen molar-refractivity contribution in [3.63, 3.8) is 0 Å². The van der Waals surface area contributed by atoms with Gasteiger partial charge in [-0.15, -0.1) is 0 Å². The molecular weight excluding hydrogens is 338 g/mol. The molecule has 0 spiro atoms. The molecule has 0 saturated heterocycles. The number of aryl methyl sites for hydroxylation is 1. The first-order valence-electron chi connectivity index (χ1n) is 8.82. The van der Waals surface area contributed by atoms with Crippen molar-refractivity contribution in [2.45, 2.75) is 19.9 Å². The standard InChI is InChI=1S/C22H19N3O2/c1-14(16-9-5-3-6-10-16)23-21(26)18-13-19(17-11-7-4-8-12-17)24-22-20(18)15(2)25-27-22/h3-14H,1-2H3,(H,23,26). The largest absolute Gasteiger partial charge is 0.345 e. The second kappa shape index (κ2) is 7.03. The third-order valence-electron chi connectivity index (χ3n) is 4.58. The summed E-state index contributed by atoms with van der Waals surface area (Å²) in [5, 5.41) is 7.70. The Labute approximate surface area is 157 Å². The fourth-order valence-corrected chi connectivity index (χ4v) is 3.13. The van der Waals surface area contributed by atoms with E-state index in [9.17, 15) is 4.79 Å². The zero-order valence-corrected chi connectivity index (χ0v) is 15.1. The van der Waals surface area contributed by atoms with Crippen molar-refractivity contribution in [2.24, 2.45) is 0 Å². The Bertz CT molecular complexity index is 1090. The minimum Gasteiger partial charge on any atom is -0.345 e. The average Bonchev–Trinajstić information content (AvgIpc) is 3.09. The number of nitrogens with zero attached hydrogens (tertiary/aromatic N) is 2. The molecule has 0 saturated carbocycles. The topological polar surface area (TPSA) is 68.0 Å². The maximum atomic E-state index is 13.1. The molecule has 1 N–H and O–H groups in total. The molecule has 0 aliphatic carbocycles. The molecule has 2 heterocycles. The van der Waals surface area contributed by atoms with E-state index < -0.39 is 0 Å². The van der Waals surface area contributed by atoms with Crippen LogP contribution >= 0.6 is 0 Å². The first kappa shape index (κ1) is 17.0. The molecule has 27 heavy (non-hydrogen) atoms. The van der Waals surface area contributed by atoms with Crippen molar-refractivity contribution in [1.29, 1.82) is 0 Å². The zero-order valence-electron chi connectivity index (χ0n) is 15.1. The van der Waals surface area contributed by atoms with E-state index in [1.54, 1.807) is 6.07 Å². The summed E-state index contributed by atoms with van der Waals surface area (Å²) in [6, 6.07) is 21.2. The predicted molar refractivity (Wildman–Crippen MR) is 104 cm³/mol. The maximum absolute atomic E-state index is 13.1. The summed E-state index contributed by atoms with van der Waals surface area (Å²) < 4.78 is 5.35. The second-order valence-electron chi connectivity index (χ2n) is 6.48. The Morgan fingerprint density at radius 3 is 2.41 bits per heavy atom. The number of carbonyl (C=O) groups excluding carboxylic acids is 1. The number of rotatable bonds is 4. The summed E-state index contributed by atoms with van der Waals surface area (Å²) in [5.74, 6) is -0.178. The number of nitrogens with one attached hydrogen (secondary N) is 1. The number of amides is 1. The lowest BCUT2D eigenvalue weighted by Gasteiger charge is -2.15. The summed E-state index contributed by atoms with van der Waals surface area (Å²) in [6.07, 6.45) is 0. The lowest BCUT2D eigenvalue weighted by atomic mass is 10.0. The van der Waals surface area contributed by atoms with Crippen LogP contribution in [0, 0.1) is 6.92 Å². The monoisotopic (exact) mass is 357 g/mol. The lowest BCUT2D eigenvalue weighted by molar-refractivity contribution is 0.0941. The molecule has 0 bridgehead atoms. The van der Waals surface area contributed by atoms with E-state index in [0.717, 1.165) is 11.1 Å². The van der Waals surface area contributed by atoms with E-state index in [-0.39, 0.29) is 11.9 Å². The van der Waals surface area contributed by atoms with Crippen molar-refractivity contribution in [1.82, 2.24) is 15.5 Å². The van der Waals surface area contributed by atoms with Gasteiger partial charge < -0.3 is 9.84 Å². The van der Waals surface area contributed by atoms with Crippen LogP contribution in [0.4, 0.5) is 0 Å². The molecule has 0 aliphatic rings. The summed E-state index contributed by atoms with van der Waals surface area (Å²) in [6.45, 7) is 3.78. The third-order valence-corrected chi connectivity index (χ3v) is 4.58. The SMILES string of the molecule is Cc1noc2nc(-c3ccccc3)cc(C(=O)NC(C)c3ccccc3)c12. The number of aromatic nitrogens is 2. The van der Waals surface area contributed by atoms with Crippen LogP contribution in [0.1, 0.15) is 34.6 Å². The summed E-state index contributed by atoms with van der Waals surface area (Å²) >= 11 is 0. The van der Waals surface area contributed by atoms with Gasteiger partial charge in [-0.3, -0.25) is 4.79 Å². The fraction of sp³-hybridized carbons (Fsp3) is 0.136. The number of pyridine rings is 1. The summed E-state index contributed by atoms with van der Waals surface area (Å²) in [5.41, 5.74) is 4.17. The Hall–Kier alpha value is -3.47. The molecule has 134 valence electrons. The van der Waals surface area contributed by atoms with Gasteiger partial charge in [-0.2, -0.15) is 0 Å². The smallest absolute Gasteiger partial charge is 0.259 e. The van der Waals surface area contributed by atoms with Crippen LogP contribution in [-0.2, 0) is 0 Å². The molecule has 1 unspecified atom stereocenters. The highest BCUT2D eigenvalue weighted by Gasteiger charge is 2.20. The highest BCUT2D eigenvalue weighted by atomic mass is 16.5. The van der Waals surface area contributed by atoms with E-state index in [4.69, 9.17) is 4.52 Å². The molecule has 4 aromatic rings. The molecule has 5 nitrogen and oxygen atoms in total. The first-order chi connectivity index (χ1) is 13.1. The first-order valence-corrected chi connectivity index (χ1v) is 8.82. The quantitative estimate of drug-likeness (QED) is 0.575. The molecule has 0 aliphatic heterocycles. The van der Waals surface area contributed by atoms with Crippen molar-refractivity contribution < 1.29 is 9.32 Å². The van der Waals surface area contributed by atoms with Crippen LogP contribution in [-0.4, -0.2) is 16.0 Å². The van der Waals surface area contributed by atoms with E-state index in [2.05, 4.69) is 15.5 Å². The van der Waals surface area contributed by atoms with Crippen molar-refractivity contribution in [3.05, 3.63) is 83.6 Å². The van der Waals surface area contributed by atoms with Crippen LogP contribution in [0.3, 0.4) is 0 Å². The molecular formula is C22H19N3O2. The van der Waals surface area contributed by atoms with Crippen molar-refractivity contribution in [3.8, 4) is 11.3 Å². The number of fused-ring (bicyclic) bond motifs is 1. The van der Waals surface area contributed by atoms with Gasteiger partial charge in [0.15, 0.2) is 0 Å². The van der Waals surface area contributed by atoms with Gasteiger partial charge in [0, 0.05) is 5.56 Å². The summed E-state index contributed by atoms with van der Waals surface area (Å²) in [7, 11) is 0. The van der Waals surface area contributed by atoms with Crippen LogP contribution in [0.2, 0.25) is 0 Å². The van der Waals surface area contributed by atoms with Gasteiger partial charge in [-0.1, -0.05) is 65.8 Å². The molecule has 0 fully saturated rings. The van der Waals surface area contributed by atoms with E-state index in [1.807, 2.05) is 74.5 Å². The van der Waals surface area contributed by atoms with Gasteiger partial charge in [-0.25, -0.2) is 4.98 Å². The molecule has 0 radical (unpaired) electrons. The Balaban J connectivity index is 1.75. The molecule has 5 heteroatoms. The van der Waals surface area contributed by atoms with Crippen LogP contribution in [0.15, 0.2) is 71.3 Å². The average molecular weight is 357 g/mol. The highest BCUT2D eigenvalue weighted by Crippen LogP contribution is 2.27. The number of hydrogen-bond donors (Lipinski definition) is 1. The van der Waals surface area contributed by atoms with Crippen LogP contribution < -0.4 is 5.32 Å². The Morgan fingerprint density at radius 1 is 1.04 bits per heavy atom. The maximum Gasteiger partial charge on any atom is 0.259 e. The van der Waals surface area contributed by atoms with Gasteiger partial charge in [0.2, 0.25) is 0 Å². The lowest BCUT2D eigenvalue weighted by Crippen LogP contribution is -2.27. The van der Waals surface area contributed by atoms with Crippen molar-refractivity contribution in [2.75, 3.05) is 0 Å². The van der Waals surface area contributed by atoms with Gasteiger partial charge in [-0.05, 0) is 25.5 Å². The van der Waals surface area contributed by atoms with Crippen LogP contribution in [0.5, 0.6) is 0 Å². The van der Waals surface area contributed by atoms with E-state index in [1.165, 1.54) is 0 Å². The van der Waals surface area contributed by atoms with E-state index >= 15 is 0 Å². The molecule has 2 aromatic carbocycles. The second-order valence-corrected chi connectivity index (χ2v) is 6.48. The molecule has 4 rings (SSSR count). The Morgan fingerprint density at radius 2 is 1.70 bits per heavy atom. The van der Waals surface area contributed by atoms with Gasteiger partial charge in [0.1, 0.15) is 0 Å². The van der Waals surface area contributed by atoms with Crippen LogP contribution in [0.25, 0.3) is 22.4 Å². The minimum atomic E-state index is -0.178. The number of carbonyl (C=O) groups is 1. The van der Waals surface area contributed by atoms with Gasteiger partial charge in [0.05, 0.1) is 28.4 Å². The van der Waals surface area contributed by atoms with Gasteiger partial charge >= 0.3 is 0 Å². The molecule has 1 amide bonds. The molecule has 2 aromatic heterocycles. The number of benzene rings is 2. The van der Waals surface area contributed by atoms with Gasteiger partial charge in [0.25, 0.3) is 11.6 Å². The minimum absolute atomic E-state index is 0.123. The number of hydrogen-bond acceptors (Lipinski definition) is 4. The zero-order chi connectivity index (χ0) is 18.8.